The first-order valence-corrected chi connectivity index (χ1v) is 9.51. The number of fused-ring (bicyclic) bond motifs is 1. The van der Waals surface area contributed by atoms with E-state index >= 15 is 0 Å². The molecule has 0 bridgehead atoms. The van der Waals surface area contributed by atoms with Crippen molar-refractivity contribution in [3.8, 4) is 0 Å². The third-order valence-corrected chi connectivity index (χ3v) is 5.49. The second-order valence-corrected chi connectivity index (χ2v) is 7.77. The predicted molar refractivity (Wildman–Crippen MR) is 94.1 cm³/mol. The molecule has 1 fully saturated rings. The molecule has 0 aliphatic carbocycles. The van der Waals surface area contributed by atoms with Crippen molar-refractivity contribution in [1.82, 2.24) is 28.8 Å². The molecule has 1 saturated heterocycles. The molecule has 3 aromatic rings. The molecule has 1 unspecified atom stereocenters. The second kappa shape index (κ2) is 6.55. The first-order chi connectivity index (χ1) is 12.8. The molecule has 1 aliphatic rings. The molecule has 4 heterocycles. The predicted octanol–water partition coefficient (Wildman–Crippen LogP) is -0.533. The van der Waals surface area contributed by atoms with Crippen molar-refractivity contribution in [3.63, 3.8) is 0 Å². The van der Waals surface area contributed by atoms with Crippen LogP contribution in [-0.2, 0) is 13.8 Å². The Balaban J connectivity index is 1.50. The number of hydrogen-bond acceptors (Lipinski definition) is 10. The number of aromatic nitrogens is 6. The van der Waals surface area contributed by atoms with E-state index in [0.717, 1.165) is 4.34 Å². The maximum Gasteiger partial charge on any atom is 0.437 e. The van der Waals surface area contributed by atoms with Gasteiger partial charge in [0.25, 0.3) is 0 Å². The van der Waals surface area contributed by atoms with Gasteiger partial charge in [0.2, 0.25) is 5.95 Å². The second-order valence-electron chi connectivity index (χ2n) is 6.07. The van der Waals surface area contributed by atoms with Crippen LogP contribution in [0.5, 0.6) is 0 Å². The van der Waals surface area contributed by atoms with Crippen LogP contribution < -0.4 is 17.2 Å². The molecular weight excluding hydrogens is 377 g/mol. The number of imidazole rings is 2. The third-order valence-electron chi connectivity index (χ3n) is 4.18. The first kappa shape index (κ1) is 17.8. The number of nitrogen functional groups attached to an aromatic ring is 2. The van der Waals surface area contributed by atoms with E-state index in [1.54, 1.807) is 4.57 Å². The van der Waals surface area contributed by atoms with Crippen LogP contribution in [0.3, 0.4) is 0 Å². The summed E-state index contributed by atoms with van der Waals surface area (Å²) in [7, 11) is -4.04. The molecule has 0 radical (unpaired) electrons. The van der Waals surface area contributed by atoms with Crippen molar-refractivity contribution in [1.29, 1.82) is 0 Å². The average molecular weight is 395 g/mol. The Bertz CT molecular complexity index is 1010. The van der Waals surface area contributed by atoms with E-state index in [0.29, 0.717) is 17.6 Å². The lowest BCUT2D eigenvalue weighted by Gasteiger charge is -2.18. The molecule has 4 rings (SSSR count). The normalized spacial score (nSPS) is 25.0. The Morgan fingerprint density at radius 3 is 2.93 bits per heavy atom. The maximum absolute atomic E-state index is 12.2. The van der Waals surface area contributed by atoms with Gasteiger partial charge >= 0.3 is 7.75 Å². The fourth-order valence-corrected chi connectivity index (χ4v) is 3.86. The molecule has 4 atom stereocenters. The Labute approximate surface area is 152 Å². The van der Waals surface area contributed by atoms with Crippen LogP contribution in [0.25, 0.3) is 11.2 Å². The van der Waals surface area contributed by atoms with E-state index in [2.05, 4.69) is 19.9 Å². The Morgan fingerprint density at radius 2 is 2.19 bits per heavy atom. The number of nitrogens with zero attached hydrogens (tertiary/aromatic N) is 6. The summed E-state index contributed by atoms with van der Waals surface area (Å²) in [5, 5.41) is 0. The zero-order valence-corrected chi connectivity index (χ0v) is 14.9. The largest absolute Gasteiger partial charge is 0.437 e. The van der Waals surface area contributed by atoms with Gasteiger partial charge in [-0.05, 0) is 6.42 Å². The number of ether oxygens (including phenoxy) is 1. The lowest BCUT2D eigenvalue weighted by atomic mass is 10.2. The van der Waals surface area contributed by atoms with Crippen molar-refractivity contribution in [2.75, 3.05) is 18.1 Å². The highest BCUT2D eigenvalue weighted by atomic mass is 31.2. The van der Waals surface area contributed by atoms with Crippen molar-refractivity contribution in [2.45, 2.75) is 24.8 Å². The van der Waals surface area contributed by atoms with Gasteiger partial charge in [0, 0.05) is 12.4 Å². The quantitative estimate of drug-likeness (QED) is 0.405. The zero-order valence-electron chi connectivity index (χ0n) is 14.0. The lowest BCUT2D eigenvalue weighted by molar-refractivity contribution is -0.0212. The minimum Gasteiger partial charge on any atom is -0.382 e. The SMILES string of the molecule is Nc1nc(N)c2ncn([C@@H]3O[C@H](COP(=O)(O)n4ccnc4)C[C@H]3N)c2n1. The monoisotopic (exact) mass is 395 g/mol. The minimum atomic E-state index is -4.04. The molecule has 0 amide bonds. The highest BCUT2D eigenvalue weighted by Gasteiger charge is 2.37. The van der Waals surface area contributed by atoms with E-state index in [4.69, 9.17) is 26.5 Å². The molecule has 7 N–H and O–H groups in total. The highest BCUT2D eigenvalue weighted by molar-refractivity contribution is 7.51. The lowest BCUT2D eigenvalue weighted by Crippen LogP contribution is -2.27. The summed E-state index contributed by atoms with van der Waals surface area (Å²) >= 11 is 0. The molecule has 14 heteroatoms. The van der Waals surface area contributed by atoms with Crippen molar-refractivity contribution >= 4 is 30.7 Å². The molecule has 13 nitrogen and oxygen atoms in total. The van der Waals surface area contributed by atoms with E-state index in [1.165, 1.54) is 25.0 Å². The smallest absolute Gasteiger partial charge is 0.382 e. The van der Waals surface area contributed by atoms with Gasteiger partial charge in [0.15, 0.2) is 17.7 Å². The van der Waals surface area contributed by atoms with Crippen LogP contribution in [0.15, 0.2) is 25.0 Å². The number of rotatable bonds is 5. The molecule has 0 aromatic carbocycles. The molecule has 144 valence electrons. The van der Waals surface area contributed by atoms with E-state index < -0.39 is 26.1 Å². The number of anilines is 2. The zero-order chi connectivity index (χ0) is 19.2. The van der Waals surface area contributed by atoms with Crippen molar-refractivity contribution < 1.29 is 18.7 Å². The van der Waals surface area contributed by atoms with Gasteiger partial charge < -0.3 is 26.8 Å². The average Bonchev–Trinajstić information content (AvgIpc) is 3.32. The summed E-state index contributed by atoms with van der Waals surface area (Å²) in [6, 6.07) is -0.417. The highest BCUT2D eigenvalue weighted by Crippen LogP contribution is 2.44. The Hall–Kier alpha value is -2.57. The van der Waals surface area contributed by atoms with Gasteiger partial charge in [-0.3, -0.25) is 9.09 Å². The summed E-state index contributed by atoms with van der Waals surface area (Å²) in [6.07, 6.45) is 4.73. The summed E-state index contributed by atoms with van der Waals surface area (Å²) in [4.78, 5) is 25.9. The number of nitrogens with two attached hydrogens (primary N) is 3. The van der Waals surface area contributed by atoms with Crippen LogP contribution in [0.2, 0.25) is 0 Å². The van der Waals surface area contributed by atoms with Crippen LogP contribution in [-0.4, -0.2) is 52.5 Å². The van der Waals surface area contributed by atoms with E-state index in [9.17, 15) is 9.46 Å². The first-order valence-electron chi connectivity index (χ1n) is 7.98. The maximum atomic E-state index is 12.2. The molecular formula is C13H18N9O4P. The number of hydrogen-bond donors (Lipinski definition) is 4. The summed E-state index contributed by atoms with van der Waals surface area (Å²) in [5.41, 5.74) is 18.4. The molecule has 3 aromatic heterocycles. The van der Waals surface area contributed by atoms with Crippen molar-refractivity contribution in [3.05, 3.63) is 25.0 Å². The van der Waals surface area contributed by atoms with Gasteiger partial charge in [-0.1, -0.05) is 0 Å². The van der Waals surface area contributed by atoms with E-state index in [-0.39, 0.29) is 18.4 Å². The van der Waals surface area contributed by atoms with Crippen LogP contribution in [0.4, 0.5) is 11.8 Å². The summed E-state index contributed by atoms with van der Waals surface area (Å²) in [5.74, 6) is 0.166. The topological polar surface area (TPSA) is 195 Å². The minimum absolute atomic E-state index is 0.00903. The van der Waals surface area contributed by atoms with Crippen LogP contribution in [0.1, 0.15) is 12.6 Å². The Kier molecular flexibility index (Phi) is 4.32. The van der Waals surface area contributed by atoms with Gasteiger partial charge in [0.1, 0.15) is 11.8 Å². The van der Waals surface area contributed by atoms with Gasteiger partial charge in [0.05, 0.1) is 25.1 Å². The molecule has 0 saturated carbocycles. The van der Waals surface area contributed by atoms with Gasteiger partial charge in [-0.2, -0.15) is 9.97 Å². The standard InChI is InChI=1S/C13H18N9O4P/c14-8-3-7(4-25-27(23,24)21-2-1-17-5-21)26-12(8)22-6-18-9-10(15)19-13(16)20-11(9)22/h1-2,5-8,12H,3-4,14H2,(H,23,24)(H4,15,16,19,20)/t7-,8+,12+/m0/s1. The fourth-order valence-electron chi connectivity index (χ4n) is 2.94. The molecule has 1 aliphatic heterocycles. The molecule has 27 heavy (non-hydrogen) atoms. The van der Waals surface area contributed by atoms with E-state index in [1.807, 2.05) is 0 Å². The van der Waals surface area contributed by atoms with Crippen LogP contribution >= 0.6 is 7.75 Å². The van der Waals surface area contributed by atoms with Gasteiger partial charge in [-0.15, -0.1) is 0 Å². The molecule has 0 spiro atoms. The third kappa shape index (κ3) is 3.26. The van der Waals surface area contributed by atoms with Crippen molar-refractivity contribution in [2.24, 2.45) is 5.73 Å². The fraction of sp³-hybridized carbons (Fsp3) is 0.385. The Morgan fingerprint density at radius 1 is 1.37 bits per heavy atom. The summed E-state index contributed by atoms with van der Waals surface area (Å²) in [6.45, 7) is -0.123. The summed E-state index contributed by atoms with van der Waals surface area (Å²) < 4.78 is 25.9. The van der Waals surface area contributed by atoms with Gasteiger partial charge in [-0.25, -0.2) is 18.9 Å². The van der Waals surface area contributed by atoms with Crippen LogP contribution in [0, 0.1) is 0 Å².